The molecule has 5 nitrogen and oxygen atoms in total. The standard InChI is InChI=1S/C14H17F3O5/c1-7(2)20-12(19)9-6-8(10(21-9)14(15,16)17)11(18)22-13(3,4)5/h6-7H,1-5H3. The second-order valence-corrected chi connectivity index (χ2v) is 5.81. The first-order valence-electron chi connectivity index (χ1n) is 6.46. The first kappa shape index (κ1) is 18.1. The first-order chi connectivity index (χ1) is 9.81. The Morgan fingerprint density at radius 1 is 1.14 bits per heavy atom. The normalized spacial score (nSPS) is 12.4. The van der Waals surface area contributed by atoms with Crippen molar-refractivity contribution in [2.45, 2.75) is 52.5 Å². The van der Waals surface area contributed by atoms with Crippen molar-refractivity contribution in [2.24, 2.45) is 0 Å². The Kier molecular flexibility index (Phi) is 4.94. The van der Waals surface area contributed by atoms with E-state index < -0.39 is 46.9 Å². The van der Waals surface area contributed by atoms with Crippen LogP contribution in [0.5, 0.6) is 0 Å². The summed E-state index contributed by atoms with van der Waals surface area (Å²) in [5, 5.41) is 0. The minimum absolute atomic E-state index is 0.545. The molecule has 1 aromatic rings. The van der Waals surface area contributed by atoms with Crippen molar-refractivity contribution in [1.82, 2.24) is 0 Å². The van der Waals surface area contributed by atoms with Crippen molar-refractivity contribution in [3.8, 4) is 0 Å². The van der Waals surface area contributed by atoms with Gasteiger partial charge in [-0.1, -0.05) is 0 Å². The van der Waals surface area contributed by atoms with Crippen LogP contribution in [-0.2, 0) is 15.7 Å². The lowest BCUT2D eigenvalue weighted by Gasteiger charge is -2.19. The Morgan fingerprint density at radius 2 is 1.68 bits per heavy atom. The SMILES string of the molecule is CC(C)OC(=O)c1cc(C(=O)OC(C)(C)C)c(C(F)(F)F)o1. The fourth-order valence-corrected chi connectivity index (χ4v) is 1.46. The monoisotopic (exact) mass is 322 g/mol. The number of rotatable bonds is 3. The Balaban J connectivity index is 3.23. The molecule has 0 spiro atoms. The summed E-state index contributed by atoms with van der Waals surface area (Å²) in [6.45, 7) is 7.57. The molecule has 1 aromatic heterocycles. The fraction of sp³-hybridized carbons (Fsp3) is 0.571. The number of esters is 2. The molecule has 0 saturated carbocycles. The van der Waals surface area contributed by atoms with E-state index in [1.54, 1.807) is 0 Å². The lowest BCUT2D eigenvalue weighted by molar-refractivity contribution is -0.154. The summed E-state index contributed by atoms with van der Waals surface area (Å²) in [4.78, 5) is 23.5. The Labute approximate surface area is 125 Å². The number of ether oxygens (including phenoxy) is 2. The van der Waals surface area contributed by atoms with Crippen LogP contribution in [0.4, 0.5) is 13.2 Å². The van der Waals surface area contributed by atoms with Gasteiger partial charge in [0.05, 0.1) is 6.10 Å². The van der Waals surface area contributed by atoms with Crippen molar-refractivity contribution in [1.29, 1.82) is 0 Å². The smallest absolute Gasteiger partial charge is 0.450 e. The summed E-state index contributed by atoms with van der Waals surface area (Å²) >= 11 is 0. The molecule has 0 amide bonds. The third-order valence-corrected chi connectivity index (χ3v) is 2.15. The number of alkyl halides is 3. The van der Waals surface area contributed by atoms with Gasteiger partial charge in [-0.25, -0.2) is 9.59 Å². The molecule has 0 aliphatic rings. The van der Waals surface area contributed by atoms with Crippen molar-refractivity contribution in [3.05, 3.63) is 23.2 Å². The van der Waals surface area contributed by atoms with Gasteiger partial charge in [0.15, 0.2) is 0 Å². The Hall–Kier alpha value is -1.99. The van der Waals surface area contributed by atoms with Crippen LogP contribution in [0.15, 0.2) is 10.5 Å². The Morgan fingerprint density at radius 3 is 2.09 bits per heavy atom. The second-order valence-electron chi connectivity index (χ2n) is 5.81. The van der Waals surface area contributed by atoms with Crippen molar-refractivity contribution in [2.75, 3.05) is 0 Å². The van der Waals surface area contributed by atoms with Gasteiger partial charge < -0.3 is 13.9 Å². The van der Waals surface area contributed by atoms with Crippen LogP contribution in [0.25, 0.3) is 0 Å². The molecule has 22 heavy (non-hydrogen) atoms. The number of carbonyl (C=O) groups is 2. The predicted octanol–water partition coefficient (Wildman–Crippen LogP) is 3.82. The molecule has 0 aromatic carbocycles. The fourth-order valence-electron chi connectivity index (χ4n) is 1.46. The predicted molar refractivity (Wildman–Crippen MR) is 69.4 cm³/mol. The van der Waals surface area contributed by atoms with E-state index in [-0.39, 0.29) is 0 Å². The first-order valence-corrected chi connectivity index (χ1v) is 6.46. The number of hydrogen-bond donors (Lipinski definition) is 0. The summed E-state index contributed by atoms with van der Waals surface area (Å²) in [6.07, 6.45) is -5.49. The molecule has 0 bridgehead atoms. The minimum atomic E-state index is -4.94. The third-order valence-electron chi connectivity index (χ3n) is 2.15. The van der Waals surface area contributed by atoms with E-state index in [1.165, 1.54) is 34.6 Å². The van der Waals surface area contributed by atoms with Crippen LogP contribution in [0.1, 0.15) is 61.3 Å². The summed E-state index contributed by atoms with van der Waals surface area (Å²) in [6, 6.07) is 0.682. The number of hydrogen-bond acceptors (Lipinski definition) is 5. The van der Waals surface area contributed by atoms with E-state index in [9.17, 15) is 22.8 Å². The Bertz CT molecular complexity index is 564. The van der Waals surface area contributed by atoms with E-state index >= 15 is 0 Å². The van der Waals surface area contributed by atoms with Crippen LogP contribution in [0.2, 0.25) is 0 Å². The highest BCUT2D eigenvalue weighted by molar-refractivity contribution is 5.95. The van der Waals surface area contributed by atoms with Gasteiger partial charge in [-0.15, -0.1) is 0 Å². The van der Waals surface area contributed by atoms with Gasteiger partial charge in [-0.05, 0) is 34.6 Å². The molecule has 1 heterocycles. The van der Waals surface area contributed by atoms with Gasteiger partial charge in [0.25, 0.3) is 0 Å². The van der Waals surface area contributed by atoms with Gasteiger partial charge in [-0.3, -0.25) is 0 Å². The average Bonchev–Trinajstić information content (AvgIpc) is 2.69. The molecule has 0 radical (unpaired) electrons. The van der Waals surface area contributed by atoms with Crippen molar-refractivity contribution < 1.29 is 36.7 Å². The maximum absolute atomic E-state index is 12.9. The zero-order valence-corrected chi connectivity index (χ0v) is 12.8. The van der Waals surface area contributed by atoms with Gasteiger partial charge in [0.1, 0.15) is 11.2 Å². The number of halogens is 3. The zero-order valence-electron chi connectivity index (χ0n) is 12.8. The second kappa shape index (κ2) is 6.02. The van der Waals surface area contributed by atoms with Crippen LogP contribution < -0.4 is 0 Å². The van der Waals surface area contributed by atoms with Crippen LogP contribution in [-0.4, -0.2) is 23.6 Å². The van der Waals surface area contributed by atoms with Gasteiger partial charge in [0, 0.05) is 6.07 Å². The molecule has 0 atom stereocenters. The molecule has 0 aliphatic heterocycles. The van der Waals surface area contributed by atoms with E-state index in [2.05, 4.69) is 4.42 Å². The summed E-state index contributed by atoms with van der Waals surface area (Å²) in [5.74, 6) is -4.61. The zero-order chi connectivity index (χ0) is 17.3. The maximum Gasteiger partial charge on any atom is 0.450 e. The highest BCUT2D eigenvalue weighted by Crippen LogP contribution is 2.35. The molecular weight excluding hydrogens is 305 g/mol. The quantitative estimate of drug-likeness (QED) is 0.792. The summed E-state index contributed by atoms with van der Waals surface area (Å²) in [7, 11) is 0. The molecule has 124 valence electrons. The maximum atomic E-state index is 12.9. The molecular formula is C14H17F3O5. The summed E-state index contributed by atoms with van der Waals surface area (Å²) < 4.78 is 52.9. The summed E-state index contributed by atoms with van der Waals surface area (Å²) in [5.41, 5.74) is -1.85. The van der Waals surface area contributed by atoms with E-state index in [1.807, 2.05) is 0 Å². The van der Waals surface area contributed by atoms with Crippen molar-refractivity contribution in [3.63, 3.8) is 0 Å². The van der Waals surface area contributed by atoms with E-state index in [0.29, 0.717) is 6.07 Å². The van der Waals surface area contributed by atoms with Gasteiger partial charge in [0.2, 0.25) is 11.5 Å². The van der Waals surface area contributed by atoms with Crippen LogP contribution >= 0.6 is 0 Å². The average molecular weight is 322 g/mol. The minimum Gasteiger partial charge on any atom is -0.457 e. The molecule has 0 saturated heterocycles. The van der Waals surface area contributed by atoms with E-state index in [0.717, 1.165) is 0 Å². The van der Waals surface area contributed by atoms with E-state index in [4.69, 9.17) is 9.47 Å². The van der Waals surface area contributed by atoms with Crippen LogP contribution in [0, 0.1) is 0 Å². The number of carbonyl (C=O) groups excluding carboxylic acids is 2. The molecule has 0 fully saturated rings. The van der Waals surface area contributed by atoms with Crippen LogP contribution in [0.3, 0.4) is 0 Å². The molecule has 0 unspecified atom stereocenters. The topological polar surface area (TPSA) is 65.7 Å². The van der Waals surface area contributed by atoms with Gasteiger partial charge in [-0.2, -0.15) is 13.2 Å². The van der Waals surface area contributed by atoms with Crippen molar-refractivity contribution >= 4 is 11.9 Å². The van der Waals surface area contributed by atoms with Gasteiger partial charge >= 0.3 is 18.1 Å². The number of furan rings is 1. The third kappa shape index (κ3) is 4.78. The largest absolute Gasteiger partial charge is 0.457 e. The molecule has 8 heteroatoms. The molecule has 0 N–H and O–H groups in total. The highest BCUT2D eigenvalue weighted by Gasteiger charge is 2.42. The highest BCUT2D eigenvalue weighted by atomic mass is 19.4. The molecule has 0 aliphatic carbocycles. The lowest BCUT2D eigenvalue weighted by atomic mass is 10.1. The molecule has 1 rings (SSSR count). The lowest BCUT2D eigenvalue weighted by Crippen LogP contribution is -2.25.